The number of pyridine rings is 1. The number of rotatable bonds is 5. The summed E-state index contributed by atoms with van der Waals surface area (Å²) in [6, 6.07) is 17.8. The molecule has 0 unspecified atom stereocenters. The molecule has 1 aliphatic carbocycles. The van der Waals surface area contributed by atoms with Crippen molar-refractivity contribution in [1.82, 2.24) is 15.0 Å². The van der Waals surface area contributed by atoms with E-state index in [1.54, 1.807) is 6.20 Å². The number of fused-ring (bicyclic) bond motifs is 1. The number of halogens is 1. The second-order valence-electron chi connectivity index (χ2n) is 7.73. The fraction of sp³-hybridized carbons (Fsp3) is 0.208. The molecular formula is C24H22ClN5. The van der Waals surface area contributed by atoms with Gasteiger partial charge >= 0.3 is 0 Å². The molecule has 1 saturated carbocycles. The molecule has 150 valence electrons. The number of nitrogen functional groups attached to an aromatic ring is 1. The second-order valence-corrected chi connectivity index (χ2v) is 8.14. The van der Waals surface area contributed by atoms with Crippen LogP contribution in [0.1, 0.15) is 19.3 Å². The molecule has 0 aliphatic heterocycles. The van der Waals surface area contributed by atoms with E-state index in [0.29, 0.717) is 22.6 Å². The second kappa shape index (κ2) is 7.92. The van der Waals surface area contributed by atoms with Gasteiger partial charge in [-0.2, -0.15) is 0 Å². The summed E-state index contributed by atoms with van der Waals surface area (Å²) in [5, 5.41) is 4.96. The van der Waals surface area contributed by atoms with Gasteiger partial charge in [-0.1, -0.05) is 54.4 Å². The summed E-state index contributed by atoms with van der Waals surface area (Å²) in [6.45, 7) is 0.866. The predicted molar refractivity (Wildman–Crippen MR) is 123 cm³/mol. The van der Waals surface area contributed by atoms with Crippen LogP contribution in [0.5, 0.6) is 0 Å². The summed E-state index contributed by atoms with van der Waals surface area (Å²) in [5.41, 5.74) is 10.4. The van der Waals surface area contributed by atoms with E-state index in [-0.39, 0.29) is 0 Å². The molecule has 5 rings (SSSR count). The number of hydrogen-bond donors (Lipinski definition) is 2. The van der Waals surface area contributed by atoms with E-state index in [2.05, 4.69) is 16.4 Å². The molecule has 2 aromatic heterocycles. The Hall–Kier alpha value is -3.18. The lowest BCUT2D eigenvalue weighted by atomic mass is 9.85. The van der Waals surface area contributed by atoms with Crippen LogP contribution in [0, 0.1) is 5.92 Å². The highest BCUT2D eigenvalue weighted by Gasteiger charge is 2.20. The van der Waals surface area contributed by atoms with Crippen molar-refractivity contribution in [3.8, 4) is 22.5 Å². The number of nitrogens with zero attached hydrogens (tertiary/aromatic N) is 3. The minimum Gasteiger partial charge on any atom is -0.381 e. The minimum absolute atomic E-state index is 0.408. The molecule has 1 aliphatic rings. The highest BCUT2D eigenvalue weighted by molar-refractivity contribution is 6.35. The van der Waals surface area contributed by atoms with E-state index in [9.17, 15) is 0 Å². The fourth-order valence-corrected chi connectivity index (χ4v) is 4.07. The third kappa shape index (κ3) is 3.57. The lowest BCUT2D eigenvalue weighted by Crippen LogP contribution is -2.22. The molecular weight excluding hydrogens is 394 g/mol. The molecule has 0 saturated heterocycles. The summed E-state index contributed by atoms with van der Waals surface area (Å²) in [7, 11) is 0. The number of nitrogens with two attached hydrogens (primary N) is 1. The molecule has 0 amide bonds. The van der Waals surface area contributed by atoms with Crippen LogP contribution in [-0.4, -0.2) is 21.5 Å². The first kappa shape index (κ1) is 18.8. The van der Waals surface area contributed by atoms with Gasteiger partial charge in [0.25, 0.3) is 0 Å². The van der Waals surface area contributed by atoms with Gasteiger partial charge in [0.1, 0.15) is 0 Å². The van der Waals surface area contributed by atoms with E-state index in [1.165, 1.54) is 19.3 Å². The zero-order chi connectivity index (χ0) is 20.5. The van der Waals surface area contributed by atoms with Gasteiger partial charge in [0.2, 0.25) is 0 Å². The SMILES string of the molecule is Nc1nc(-c2ccccc2)c(-c2cc(Cl)c3ncccc3c2)nc1NCC1CCC1. The molecule has 0 bridgehead atoms. The zero-order valence-electron chi connectivity index (χ0n) is 16.5. The molecule has 4 aromatic rings. The van der Waals surface area contributed by atoms with Crippen LogP contribution in [0.4, 0.5) is 11.6 Å². The maximum Gasteiger partial charge on any atom is 0.169 e. The van der Waals surface area contributed by atoms with Crippen LogP contribution in [-0.2, 0) is 0 Å². The fourth-order valence-electron chi connectivity index (χ4n) is 3.80. The van der Waals surface area contributed by atoms with Gasteiger partial charge in [0.05, 0.1) is 21.9 Å². The van der Waals surface area contributed by atoms with Gasteiger partial charge in [-0.3, -0.25) is 4.98 Å². The first-order chi connectivity index (χ1) is 14.7. The molecule has 1 fully saturated rings. The Morgan fingerprint density at radius 2 is 1.77 bits per heavy atom. The molecule has 30 heavy (non-hydrogen) atoms. The Bertz CT molecular complexity index is 1210. The van der Waals surface area contributed by atoms with E-state index in [0.717, 1.165) is 40.0 Å². The summed E-state index contributed by atoms with van der Waals surface area (Å²) < 4.78 is 0. The van der Waals surface area contributed by atoms with Crippen LogP contribution >= 0.6 is 11.6 Å². The van der Waals surface area contributed by atoms with Crippen molar-refractivity contribution in [3.05, 3.63) is 65.8 Å². The maximum atomic E-state index is 6.56. The van der Waals surface area contributed by atoms with Gasteiger partial charge in [-0.25, -0.2) is 9.97 Å². The van der Waals surface area contributed by atoms with Gasteiger partial charge in [-0.15, -0.1) is 0 Å². The highest BCUT2D eigenvalue weighted by atomic mass is 35.5. The summed E-state index contributed by atoms with van der Waals surface area (Å²) in [4.78, 5) is 14.1. The lowest BCUT2D eigenvalue weighted by Gasteiger charge is -2.26. The van der Waals surface area contributed by atoms with Crippen molar-refractivity contribution in [2.24, 2.45) is 5.92 Å². The van der Waals surface area contributed by atoms with Crippen LogP contribution < -0.4 is 11.1 Å². The average molecular weight is 416 g/mol. The average Bonchev–Trinajstić information content (AvgIpc) is 2.74. The summed E-state index contributed by atoms with van der Waals surface area (Å²) >= 11 is 6.56. The lowest BCUT2D eigenvalue weighted by molar-refractivity contribution is 0.333. The normalized spacial score (nSPS) is 13.9. The van der Waals surface area contributed by atoms with Gasteiger partial charge < -0.3 is 11.1 Å². The highest BCUT2D eigenvalue weighted by Crippen LogP contribution is 2.36. The molecule has 0 spiro atoms. The molecule has 0 atom stereocenters. The predicted octanol–water partition coefficient (Wildman–Crippen LogP) is 5.81. The van der Waals surface area contributed by atoms with Crippen molar-refractivity contribution < 1.29 is 0 Å². The number of aromatic nitrogens is 3. The van der Waals surface area contributed by atoms with E-state index in [1.807, 2.05) is 48.5 Å². The molecule has 5 nitrogen and oxygen atoms in total. The minimum atomic E-state index is 0.408. The van der Waals surface area contributed by atoms with E-state index in [4.69, 9.17) is 27.3 Å². The quantitative estimate of drug-likeness (QED) is 0.430. The standard InChI is InChI=1S/C24H22ClN5/c25-19-13-18(12-17-10-5-11-27-20(17)19)22-21(16-8-2-1-3-9-16)29-23(26)24(30-22)28-14-15-6-4-7-15/h1-3,5,8-13,15H,4,6-7,14H2,(H2,26,29)(H,28,30). The van der Waals surface area contributed by atoms with Gasteiger partial charge in [-0.05, 0) is 37.0 Å². The van der Waals surface area contributed by atoms with Crippen molar-refractivity contribution in [2.75, 3.05) is 17.6 Å². The Labute approximate surface area is 180 Å². The molecule has 2 heterocycles. The molecule has 0 radical (unpaired) electrons. The first-order valence-electron chi connectivity index (χ1n) is 10.2. The maximum absolute atomic E-state index is 6.56. The van der Waals surface area contributed by atoms with Gasteiger partial charge in [0.15, 0.2) is 11.6 Å². The molecule has 3 N–H and O–H groups in total. The number of anilines is 2. The molecule has 2 aromatic carbocycles. The van der Waals surface area contributed by atoms with Crippen LogP contribution in [0.3, 0.4) is 0 Å². The third-order valence-corrected chi connectivity index (χ3v) is 5.97. The number of nitrogens with one attached hydrogen (secondary N) is 1. The number of hydrogen-bond acceptors (Lipinski definition) is 5. The first-order valence-corrected chi connectivity index (χ1v) is 10.6. The van der Waals surface area contributed by atoms with Crippen molar-refractivity contribution >= 4 is 34.1 Å². The zero-order valence-corrected chi connectivity index (χ0v) is 17.2. The van der Waals surface area contributed by atoms with Gasteiger partial charge in [0, 0.05) is 29.3 Å². The van der Waals surface area contributed by atoms with Crippen molar-refractivity contribution in [2.45, 2.75) is 19.3 Å². The Morgan fingerprint density at radius 3 is 2.53 bits per heavy atom. The molecule has 6 heteroatoms. The van der Waals surface area contributed by atoms with Crippen molar-refractivity contribution in [1.29, 1.82) is 0 Å². The smallest absolute Gasteiger partial charge is 0.169 e. The van der Waals surface area contributed by atoms with E-state index < -0.39 is 0 Å². The largest absolute Gasteiger partial charge is 0.381 e. The van der Waals surface area contributed by atoms with Crippen LogP contribution in [0.2, 0.25) is 5.02 Å². The van der Waals surface area contributed by atoms with Crippen molar-refractivity contribution in [3.63, 3.8) is 0 Å². The summed E-state index contributed by atoms with van der Waals surface area (Å²) in [6.07, 6.45) is 5.55. The third-order valence-electron chi connectivity index (χ3n) is 5.68. The van der Waals surface area contributed by atoms with Crippen LogP contribution in [0.25, 0.3) is 33.4 Å². The monoisotopic (exact) mass is 415 g/mol. The summed E-state index contributed by atoms with van der Waals surface area (Å²) in [5.74, 6) is 1.72. The van der Waals surface area contributed by atoms with Crippen LogP contribution in [0.15, 0.2) is 60.8 Å². The van der Waals surface area contributed by atoms with E-state index >= 15 is 0 Å². The Morgan fingerprint density at radius 1 is 0.967 bits per heavy atom. The Balaban J connectivity index is 1.65. The Kier molecular flexibility index (Phi) is 4.97. The number of benzene rings is 2. The topological polar surface area (TPSA) is 76.7 Å².